The molecule has 0 spiro atoms. The molecule has 1 aliphatic carbocycles. The molecule has 1 saturated carbocycles. The van der Waals surface area contributed by atoms with Crippen molar-refractivity contribution >= 4 is 15.9 Å². The summed E-state index contributed by atoms with van der Waals surface area (Å²) in [5.41, 5.74) is 1.48. The Balaban J connectivity index is 1.90. The van der Waals surface area contributed by atoms with E-state index in [9.17, 15) is 5.11 Å². The molecule has 0 radical (unpaired) electrons. The number of hydrogen-bond donors (Lipinski definition) is 2. The Kier molecular flexibility index (Phi) is 5.04. The molecule has 2 nitrogen and oxygen atoms in total. The van der Waals surface area contributed by atoms with Gasteiger partial charge < -0.3 is 10.4 Å². The smallest absolute Gasteiger partial charge is 0.0541 e. The minimum atomic E-state index is -0.0730. The molecule has 0 aromatic heterocycles. The zero-order chi connectivity index (χ0) is 13.9. The number of rotatable bonds is 4. The van der Waals surface area contributed by atoms with Gasteiger partial charge in [0.15, 0.2) is 0 Å². The van der Waals surface area contributed by atoms with Crippen molar-refractivity contribution in [1.29, 1.82) is 0 Å². The maximum absolute atomic E-state index is 9.53. The molecule has 0 unspecified atom stereocenters. The standard InChI is InChI=1S/C16H24BrNO/c1-16(2,12-4-3-5-13(17)10-12)11-18-14-6-8-15(19)9-7-14/h3-5,10,14-15,18-19H,6-9,11H2,1-2H3. The number of hydrogen-bond acceptors (Lipinski definition) is 2. The minimum absolute atomic E-state index is 0.0730. The molecule has 1 aliphatic rings. The highest BCUT2D eigenvalue weighted by Gasteiger charge is 2.24. The first-order valence-electron chi connectivity index (χ1n) is 7.15. The lowest BCUT2D eigenvalue weighted by atomic mass is 9.83. The molecule has 1 aromatic carbocycles. The van der Waals surface area contributed by atoms with Gasteiger partial charge in [-0.3, -0.25) is 0 Å². The van der Waals surface area contributed by atoms with E-state index in [1.54, 1.807) is 0 Å². The van der Waals surface area contributed by atoms with Gasteiger partial charge in [-0.05, 0) is 43.4 Å². The third kappa shape index (κ3) is 4.30. The maximum atomic E-state index is 9.53. The summed E-state index contributed by atoms with van der Waals surface area (Å²) in [6, 6.07) is 9.12. The van der Waals surface area contributed by atoms with E-state index in [-0.39, 0.29) is 11.5 Å². The highest BCUT2D eigenvalue weighted by atomic mass is 79.9. The topological polar surface area (TPSA) is 32.3 Å². The van der Waals surface area contributed by atoms with E-state index in [0.717, 1.165) is 36.7 Å². The fourth-order valence-corrected chi connectivity index (χ4v) is 3.09. The van der Waals surface area contributed by atoms with Crippen molar-refractivity contribution < 1.29 is 5.11 Å². The van der Waals surface area contributed by atoms with E-state index in [0.29, 0.717) is 6.04 Å². The molecule has 0 amide bonds. The van der Waals surface area contributed by atoms with Crippen molar-refractivity contribution in [3.8, 4) is 0 Å². The molecule has 0 bridgehead atoms. The van der Waals surface area contributed by atoms with E-state index in [4.69, 9.17) is 0 Å². The van der Waals surface area contributed by atoms with Crippen LogP contribution in [0.25, 0.3) is 0 Å². The van der Waals surface area contributed by atoms with Crippen LogP contribution in [0.3, 0.4) is 0 Å². The minimum Gasteiger partial charge on any atom is -0.393 e. The average molecular weight is 326 g/mol. The first-order chi connectivity index (χ1) is 8.97. The van der Waals surface area contributed by atoms with Crippen molar-refractivity contribution in [3.63, 3.8) is 0 Å². The number of benzene rings is 1. The van der Waals surface area contributed by atoms with Crippen LogP contribution >= 0.6 is 15.9 Å². The van der Waals surface area contributed by atoms with Crippen molar-refractivity contribution in [2.45, 2.75) is 57.1 Å². The molecule has 1 fully saturated rings. The zero-order valence-electron chi connectivity index (χ0n) is 11.8. The van der Waals surface area contributed by atoms with Gasteiger partial charge in [0, 0.05) is 22.5 Å². The average Bonchev–Trinajstić information content (AvgIpc) is 2.38. The lowest BCUT2D eigenvalue weighted by Gasteiger charge is -2.32. The Morgan fingerprint density at radius 1 is 1.26 bits per heavy atom. The second-order valence-corrected chi connectivity index (χ2v) is 7.20. The number of aliphatic hydroxyl groups excluding tert-OH is 1. The zero-order valence-corrected chi connectivity index (χ0v) is 13.4. The van der Waals surface area contributed by atoms with Gasteiger partial charge in [0.2, 0.25) is 0 Å². The van der Waals surface area contributed by atoms with Crippen LogP contribution in [0.5, 0.6) is 0 Å². The summed E-state index contributed by atoms with van der Waals surface area (Å²) < 4.78 is 1.14. The molecular weight excluding hydrogens is 302 g/mol. The van der Waals surface area contributed by atoms with Gasteiger partial charge in [0.1, 0.15) is 0 Å². The maximum Gasteiger partial charge on any atom is 0.0541 e. The quantitative estimate of drug-likeness (QED) is 0.886. The summed E-state index contributed by atoms with van der Waals surface area (Å²) in [7, 11) is 0. The van der Waals surface area contributed by atoms with Crippen molar-refractivity contribution in [3.05, 3.63) is 34.3 Å². The summed E-state index contributed by atoms with van der Waals surface area (Å²) in [6.45, 7) is 5.53. The van der Waals surface area contributed by atoms with Crippen LogP contribution in [-0.4, -0.2) is 23.8 Å². The Hall–Kier alpha value is -0.380. The van der Waals surface area contributed by atoms with Crippen molar-refractivity contribution in [1.82, 2.24) is 5.32 Å². The molecule has 2 rings (SSSR count). The van der Waals surface area contributed by atoms with Gasteiger partial charge in [-0.1, -0.05) is 41.9 Å². The predicted octanol–water partition coefficient (Wildman–Crippen LogP) is 3.62. The first-order valence-corrected chi connectivity index (χ1v) is 7.94. The Bertz CT molecular complexity index is 411. The van der Waals surface area contributed by atoms with Crippen LogP contribution in [0, 0.1) is 0 Å². The predicted molar refractivity (Wildman–Crippen MR) is 83.4 cm³/mol. The lowest BCUT2D eigenvalue weighted by molar-refractivity contribution is 0.115. The van der Waals surface area contributed by atoms with Crippen LogP contribution in [-0.2, 0) is 5.41 Å². The molecule has 0 atom stereocenters. The van der Waals surface area contributed by atoms with Crippen molar-refractivity contribution in [2.24, 2.45) is 0 Å². The molecule has 19 heavy (non-hydrogen) atoms. The summed E-state index contributed by atoms with van der Waals surface area (Å²) in [4.78, 5) is 0. The van der Waals surface area contributed by atoms with E-state index >= 15 is 0 Å². The monoisotopic (exact) mass is 325 g/mol. The highest BCUT2D eigenvalue weighted by Crippen LogP contribution is 2.26. The first kappa shape index (κ1) is 15.0. The Morgan fingerprint density at radius 2 is 1.95 bits per heavy atom. The van der Waals surface area contributed by atoms with E-state index in [1.807, 2.05) is 0 Å². The molecule has 106 valence electrons. The second kappa shape index (κ2) is 6.38. The van der Waals surface area contributed by atoms with E-state index < -0.39 is 0 Å². The van der Waals surface area contributed by atoms with Crippen LogP contribution in [0.4, 0.5) is 0 Å². The van der Waals surface area contributed by atoms with Crippen molar-refractivity contribution in [2.75, 3.05) is 6.54 Å². The van der Waals surface area contributed by atoms with Gasteiger partial charge in [-0.15, -0.1) is 0 Å². The van der Waals surface area contributed by atoms with Gasteiger partial charge in [-0.25, -0.2) is 0 Å². The molecule has 2 N–H and O–H groups in total. The van der Waals surface area contributed by atoms with Gasteiger partial charge in [0.05, 0.1) is 6.10 Å². The van der Waals surface area contributed by atoms with Gasteiger partial charge >= 0.3 is 0 Å². The number of nitrogens with one attached hydrogen (secondary N) is 1. The molecule has 0 heterocycles. The third-order valence-electron chi connectivity index (χ3n) is 4.14. The fourth-order valence-electron chi connectivity index (χ4n) is 2.69. The van der Waals surface area contributed by atoms with Crippen LogP contribution < -0.4 is 5.32 Å². The van der Waals surface area contributed by atoms with Crippen LogP contribution in [0.2, 0.25) is 0 Å². The molecule has 3 heteroatoms. The molecular formula is C16H24BrNO. The van der Waals surface area contributed by atoms with Gasteiger partial charge in [-0.2, -0.15) is 0 Å². The molecule has 0 saturated heterocycles. The summed E-state index contributed by atoms with van der Waals surface area (Å²) in [5, 5.41) is 13.2. The number of aliphatic hydroxyl groups is 1. The molecule has 1 aromatic rings. The lowest BCUT2D eigenvalue weighted by Crippen LogP contribution is -2.41. The second-order valence-electron chi connectivity index (χ2n) is 6.28. The summed E-state index contributed by atoms with van der Waals surface area (Å²) in [6.07, 6.45) is 3.99. The highest BCUT2D eigenvalue weighted by molar-refractivity contribution is 9.10. The van der Waals surface area contributed by atoms with Gasteiger partial charge in [0.25, 0.3) is 0 Å². The van der Waals surface area contributed by atoms with Crippen LogP contribution in [0.1, 0.15) is 45.1 Å². The summed E-state index contributed by atoms with van der Waals surface area (Å²) in [5.74, 6) is 0. The normalized spacial score (nSPS) is 24.4. The molecule has 0 aliphatic heterocycles. The summed E-state index contributed by atoms with van der Waals surface area (Å²) >= 11 is 3.54. The fraction of sp³-hybridized carbons (Fsp3) is 0.625. The SMILES string of the molecule is CC(C)(CNC1CCC(O)CC1)c1cccc(Br)c1. The van der Waals surface area contributed by atoms with E-state index in [1.165, 1.54) is 5.56 Å². The Morgan fingerprint density at radius 3 is 2.58 bits per heavy atom. The third-order valence-corrected chi connectivity index (χ3v) is 4.63. The number of halogens is 1. The largest absolute Gasteiger partial charge is 0.393 e. The van der Waals surface area contributed by atoms with E-state index in [2.05, 4.69) is 59.4 Å². The Labute approximate surface area is 124 Å². The van der Waals surface area contributed by atoms with Crippen LogP contribution in [0.15, 0.2) is 28.7 Å².